The SMILES string of the molecule is Cc1ccc(NC(=O)N2Cc3c(NC(=O)C4(S(C)(C)C)CCC4)n[nH]c3C2(C)C)cc1. The minimum absolute atomic E-state index is 0.0657. The second-order valence-corrected chi connectivity index (χ2v) is 14.5. The lowest BCUT2D eigenvalue weighted by atomic mass is 9.83. The van der Waals surface area contributed by atoms with Crippen molar-refractivity contribution in [1.82, 2.24) is 15.1 Å². The number of aryl methyl sites for hydroxylation is 1. The van der Waals surface area contributed by atoms with Crippen molar-refractivity contribution in [3.05, 3.63) is 41.1 Å². The van der Waals surface area contributed by atoms with Crippen molar-refractivity contribution in [3.8, 4) is 0 Å². The summed E-state index contributed by atoms with van der Waals surface area (Å²) in [5.74, 6) is 0.615. The van der Waals surface area contributed by atoms with Gasteiger partial charge in [-0.3, -0.25) is 9.89 Å². The second kappa shape index (κ2) is 7.29. The van der Waals surface area contributed by atoms with Gasteiger partial charge in [0.25, 0.3) is 0 Å². The molecular formula is C23H33N5O2S. The van der Waals surface area contributed by atoms with Crippen molar-refractivity contribution in [1.29, 1.82) is 0 Å². The average molecular weight is 444 g/mol. The van der Waals surface area contributed by atoms with Crippen molar-refractivity contribution in [2.24, 2.45) is 0 Å². The van der Waals surface area contributed by atoms with Crippen molar-refractivity contribution < 1.29 is 9.59 Å². The molecule has 7 nitrogen and oxygen atoms in total. The smallest absolute Gasteiger partial charge is 0.309 e. The zero-order valence-electron chi connectivity index (χ0n) is 19.3. The number of hydrogen-bond acceptors (Lipinski definition) is 3. The summed E-state index contributed by atoms with van der Waals surface area (Å²) < 4.78 is -0.282. The fourth-order valence-corrected chi connectivity index (χ4v) is 6.73. The normalized spacial score (nSPS) is 19.4. The zero-order valence-corrected chi connectivity index (χ0v) is 20.1. The van der Waals surface area contributed by atoms with Crippen LogP contribution in [0.15, 0.2) is 24.3 Å². The third kappa shape index (κ3) is 3.50. The summed E-state index contributed by atoms with van der Waals surface area (Å²) in [6.07, 6.45) is 9.58. The predicted octanol–water partition coefficient (Wildman–Crippen LogP) is 4.56. The lowest BCUT2D eigenvalue weighted by Crippen LogP contribution is -2.51. The van der Waals surface area contributed by atoms with Gasteiger partial charge in [0, 0.05) is 11.3 Å². The number of carbonyl (C=O) groups excluding carboxylic acids is 2. The Kier molecular flexibility index (Phi) is 5.11. The number of aromatic amines is 1. The number of nitrogens with zero attached hydrogens (tertiary/aromatic N) is 2. The number of aromatic nitrogens is 2. The van der Waals surface area contributed by atoms with Gasteiger partial charge in [-0.25, -0.2) is 14.8 Å². The van der Waals surface area contributed by atoms with E-state index in [1.54, 1.807) is 4.90 Å². The highest BCUT2D eigenvalue weighted by Crippen LogP contribution is 2.60. The van der Waals surface area contributed by atoms with Crippen LogP contribution in [0.1, 0.15) is 49.9 Å². The highest BCUT2D eigenvalue weighted by atomic mass is 32.3. The van der Waals surface area contributed by atoms with Crippen molar-refractivity contribution >= 4 is 33.5 Å². The highest BCUT2D eigenvalue weighted by molar-refractivity contribution is 8.33. The molecule has 3 N–H and O–H groups in total. The number of fused-ring (bicyclic) bond motifs is 1. The Morgan fingerprint density at radius 1 is 1.10 bits per heavy atom. The Hall–Kier alpha value is -2.48. The molecule has 1 aromatic carbocycles. The van der Waals surface area contributed by atoms with Gasteiger partial charge in [-0.05, 0) is 70.9 Å². The first-order valence-corrected chi connectivity index (χ1v) is 13.5. The Morgan fingerprint density at radius 2 is 1.74 bits per heavy atom. The van der Waals surface area contributed by atoms with E-state index in [0.29, 0.717) is 12.4 Å². The summed E-state index contributed by atoms with van der Waals surface area (Å²) >= 11 is 0. The quantitative estimate of drug-likeness (QED) is 0.647. The molecule has 1 fully saturated rings. The molecule has 4 rings (SSSR count). The third-order valence-corrected chi connectivity index (χ3v) is 9.94. The number of anilines is 2. The summed E-state index contributed by atoms with van der Waals surface area (Å²) in [6, 6.07) is 7.56. The molecule has 2 aliphatic rings. The molecule has 0 atom stereocenters. The summed E-state index contributed by atoms with van der Waals surface area (Å²) in [5, 5.41) is 13.6. The van der Waals surface area contributed by atoms with Gasteiger partial charge in [-0.2, -0.15) is 5.10 Å². The van der Waals surface area contributed by atoms with E-state index in [4.69, 9.17) is 0 Å². The zero-order chi connectivity index (χ0) is 22.6. The number of hydrogen-bond donors (Lipinski definition) is 3. The maximum atomic E-state index is 13.3. The molecule has 31 heavy (non-hydrogen) atoms. The van der Waals surface area contributed by atoms with Gasteiger partial charge < -0.3 is 15.5 Å². The molecule has 8 heteroatoms. The second-order valence-electron chi connectivity index (χ2n) is 10.0. The molecular weight excluding hydrogens is 410 g/mol. The minimum atomic E-state index is -1.05. The number of benzene rings is 1. The number of carbonyl (C=O) groups is 2. The molecule has 0 saturated heterocycles. The number of nitrogens with one attached hydrogen (secondary N) is 3. The van der Waals surface area contributed by atoms with Crippen LogP contribution in [-0.2, 0) is 16.9 Å². The van der Waals surface area contributed by atoms with Crippen LogP contribution < -0.4 is 10.6 Å². The first kappa shape index (κ1) is 21.7. The summed E-state index contributed by atoms with van der Waals surface area (Å²) in [4.78, 5) is 28.1. The van der Waals surface area contributed by atoms with Crippen LogP contribution in [0.25, 0.3) is 0 Å². The van der Waals surface area contributed by atoms with E-state index < -0.39 is 15.6 Å². The maximum Gasteiger partial charge on any atom is 0.322 e. The van der Waals surface area contributed by atoms with Crippen LogP contribution >= 0.6 is 10.0 Å². The number of amides is 3. The molecule has 1 saturated carbocycles. The molecule has 2 heterocycles. The lowest BCUT2D eigenvalue weighted by molar-refractivity contribution is -0.120. The van der Waals surface area contributed by atoms with Crippen LogP contribution in [0, 0.1) is 6.92 Å². The minimum Gasteiger partial charge on any atom is -0.309 e. The fraction of sp³-hybridized carbons (Fsp3) is 0.522. The number of rotatable bonds is 4. The predicted molar refractivity (Wildman–Crippen MR) is 128 cm³/mol. The molecule has 1 aromatic heterocycles. The first-order chi connectivity index (χ1) is 14.5. The Labute approximate surface area is 185 Å². The molecule has 1 aliphatic heterocycles. The van der Waals surface area contributed by atoms with E-state index in [0.717, 1.165) is 41.8 Å². The van der Waals surface area contributed by atoms with Crippen LogP contribution in [0.2, 0.25) is 0 Å². The number of urea groups is 1. The summed E-state index contributed by atoms with van der Waals surface area (Å²) in [5.41, 5.74) is 3.09. The molecule has 0 spiro atoms. The standard InChI is InChI=1S/C23H33N5O2S/c1-15-8-10-16(11-9-15)24-21(30)28-14-17-18(22(28,2)3)26-27-19(17)25-20(29)23(12-7-13-23)31(4,5)6/h8-11H,7,12-14H2,1-6H3,(H,24,30)(H2,25,26,27,29). The molecule has 1 aliphatic carbocycles. The molecule has 168 valence electrons. The van der Waals surface area contributed by atoms with Gasteiger partial charge in [0.05, 0.1) is 22.5 Å². The molecule has 3 amide bonds. The van der Waals surface area contributed by atoms with E-state index in [2.05, 4.69) is 39.6 Å². The molecule has 0 radical (unpaired) electrons. The van der Waals surface area contributed by atoms with E-state index in [9.17, 15) is 9.59 Å². The van der Waals surface area contributed by atoms with Gasteiger partial charge in [0.2, 0.25) is 5.91 Å². The van der Waals surface area contributed by atoms with Gasteiger partial charge in [0.1, 0.15) is 0 Å². The van der Waals surface area contributed by atoms with E-state index in [1.807, 2.05) is 45.0 Å². The van der Waals surface area contributed by atoms with Crippen LogP contribution in [0.4, 0.5) is 16.3 Å². The topological polar surface area (TPSA) is 90.1 Å². The Balaban J connectivity index is 1.53. The van der Waals surface area contributed by atoms with E-state index in [-0.39, 0.29) is 16.7 Å². The highest BCUT2D eigenvalue weighted by Gasteiger charge is 2.51. The summed E-state index contributed by atoms with van der Waals surface area (Å²) in [7, 11) is -1.05. The monoisotopic (exact) mass is 443 g/mol. The van der Waals surface area contributed by atoms with E-state index >= 15 is 0 Å². The van der Waals surface area contributed by atoms with Gasteiger partial charge in [-0.15, -0.1) is 0 Å². The van der Waals surface area contributed by atoms with Crippen LogP contribution in [0.3, 0.4) is 0 Å². The average Bonchev–Trinajstić information content (AvgIpc) is 3.13. The largest absolute Gasteiger partial charge is 0.322 e. The van der Waals surface area contributed by atoms with Crippen LogP contribution in [0.5, 0.6) is 0 Å². The van der Waals surface area contributed by atoms with Crippen molar-refractivity contribution in [2.75, 3.05) is 29.4 Å². The molecule has 0 unspecified atom stereocenters. The summed E-state index contributed by atoms with van der Waals surface area (Å²) in [6.45, 7) is 6.38. The van der Waals surface area contributed by atoms with Gasteiger partial charge >= 0.3 is 6.03 Å². The number of H-pyrrole nitrogens is 1. The molecule has 2 aromatic rings. The Bertz CT molecular complexity index is 1020. The first-order valence-electron chi connectivity index (χ1n) is 10.7. The van der Waals surface area contributed by atoms with Gasteiger partial charge in [0.15, 0.2) is 5.82 Å². The van der Waals surface area contributed by atoms with Crippen LogP contribution in [-0.4, -0.2) is 50.5 Å². The van der Waals surface area contributed by atoms with E-state index in [1.165, 1.54) is 0 Å². The van der Waals surface area contributed by atoms with Crippen molar-refractivity contribution in [3.63, 3.8) is 0 Å². The third-order valence-electron chi connectivity index (χ3n) is 7.00. The van der Waals surface area contributed by atoms with Crippen molar-refractivity contribution in [2.45, 2.75) is 56.9 Å². The lowest BCUT2D eigenvalue weighted by Gasteiger charge is -2.53. The molecule has 0 bridgehead atoms. The maximum absolute atomic E-state index is 13.3. The fourth-order valence-electron chi connectivity index (χ4n) is 4.61. The van der Waals surface area contributed by atoms with Gasteiger partial charge in [-0.1, -0.05) is 17.7 Å². The Morgan fingerprint density at radius 3 is 2.29 bits per heavy atom.